The standard InChI is InChI=1S/C20H27N5O6/c1-10(20(30)31)24-19(29)17(11(2)26)25-16(27)9-23-18(28)14(21)7-12-8-22-15-6-4-3-5-13(12)15/h3-6,8,10-11,14,17,22,26H,7,9,21H2,1-2H3,(H,23,28)(H,24,29)(H,25,27)(H,30,31). The van der Waals surface area contributed by atoms with Crippen molar-refractivity contribution >= 4 is 34.6 Å². The molecule has 0 saturated heterocycles. The van der Waals surface area contributed by atoms with Gasteiger partial charge in [0.25, 0.3) is 0 Å². The van der Waals surface area contributed by atoms with Crippen molar-refractivity contribution in [3.63, 3.8) is 0 Å². The lowest BCUT2D eigenvalue weighted by Gasteiger charge is -2.22. The monoisotopic (exact) mass is 433 g/mol. The van der Waals surface area contributed by atoms with Crippen LogP contribution in [0.4, 0.5) is 0 Å². The molecule has 4 atom stereocenters. The lowest BCUT2D eigenvalue weighted by atomic mass is 10.1. The predicted molar refractivity (Wildman–Crippen MR) is 112 cm³/mol. The van der Waals surface area contributed by atoms with Crippen LogP contribution < -0.4 is 21.7 Å². The van der Waals surface area contributed by atoms with Gasteiger partial charge in [0.1, 0.15) is 12.1 Å². The molecule has 0 aliphatic heterocycles. The van der Waals surface area contributed by atoms with Crippen molar-refractivity contribution < 1.29 is 29.4 Å². The third-order valence-corrected chi connectivity index (χ3v) is 4.69. The molecule has 3 amide bonds. The first-order valence-corrected chi connectivity index (χ1v) is 9.69. The number of aliphatic hydroxyl groups excluding tert-OH is 1. The van der Waals surface area contributed by atoms with E-state index in [1.807, 2.05) is 24.3 Å². The molecule has 2 rings (SSSR count). The summed E-state index contributed by atoms with van der Waals surface area (Å²) in [7, 11) is 0. The van der Waals surface area contributed by atoms with Crippen LogP contribution in [0.2, 0.25) is 0 Å². The zero-order valence-corrected chi connectivity index (χ0v) is 17.2. The van der Waals surface area contributed by atoms with Crippen molar-refractivity contribution in [2.24, 2.45) is 5.73 Å². The maximum Gasteiger partial charge on any atom is 0.325 e. The average Bonchev–Trinajstić information content (AvgIpc) is 3.12. The Morgan fingerprint density at radius 1 is 1.10 bits per heavy atom. The van der Waals surface area contributed by atoms with E-state index >= 15 is 0 Å². The summed E-state index contributed by atoms with van der Waals surface area (Å²) in [5.41, 5.74) is 7.73. The summed E-state index contributed by atoms with van der Waals surface area (Å²) in [6.07, 6.45) is 0.738. The number of carboxylic acids is 1. The molecule has 1 aromatic carbocycles. The van der Waals surface area contributed by atoms with E-state index in [9.17, 15) is 24.3 Å². The maximum absolute atomic E-state index is 12.3. The quantitative estimate of drug-likeness (QED) is 0.240. The van der Waals surface area contributed by atoms with Crippen LogP contribution >= 0.6 is 0 Å². The Morgan fingerprint density at radius 2 is 1.77 bits per heavy atom. The second kappa shape index (κ2) is 10.5. The number of aromatic amines is 1. The maximum atomic E-state index is 12.3. The first-order valence-electron chi connectivity index (χ1n) is 9.69. The second-order valence-corrected chi connectivity index (χ2v) is 7.24. The van der Waals surface area contributed by atoms with Gasteiger partial charge in [-0.15, -0.1) is 0 Å². The van der Waals surface area contributed by atoms with Crippen LogP contribution in [0.3, 0.4) is 0 Å². The number of nitrogens with one attached hydrogen (secondary N) is 4. The van der Waals surface area contributed by atoms with Crippen LogP contribution in [0, 0.1) is 0 Å². The number of rotatable bonds is 10. The molecular weight excluding hydrogens is 406 g/mol. The number of aliphatic carboxylic acids is 1. The molecule has 0 aliphatic carbocycles. The fourth-order valence-electron chi connectivity index (χ4n) is 2.92. The van der Waals surface area contributed by atoms with E-state index in [4.69, 9.17) is 10.8 Å². The van der Waals surface area contributed by atoms with E-state index in [-0.39, 0.29) is 6.42 Å². The number of benzene rings is 1. The van der Waals surface area contributed by atoms with E-state index in [2.05, 4.69) is 20.9 Å². The molecule has 0 spiro atoms. The SMILES string of the molecule is CC(NC(=O)C(NC(=O)CNC(=O)C(N)Cc1c[nH]c2ccccc12)C(C)O)C(=O)O. The molecule has 1 aromatic heterocycles. The summed E-state index contributed by atoms with van der Waals surface area (Å²) in [5.74, 6) is -3.42. The van der Waals surface area contributed by atoms with Gasteiger partial charge in [-0.05, 0) is 31.9 Å². The summed E-state index contributed by atoms with van der Waals surface area (Å²) in [6, 6.07) is 4.09. The number of aliphatic hydroxyl groups is 1. The van der Waals surface area contributed by atoms with Gasteiger partial charge in [0, 0.05) is 17.1 Å². The number of hydrogen-bond acceptors (Lipinski definition) is 6. The van der Waals surface area contributed by atoms with E-state index in [1.165, 1.54) is 13.8 Å². The fourth-order valence-corrected chi connectivity index (χ4v) is 2.92. The van der Waals surface area contributed by atoms with Gasteiger partial charge in [0.2, 0.25) is 17.7 Å². The van der Waals surface area contributed by atoms with Crippen molar-refractivity contribution in [3.8, 4) is 0 Å². The fraction of sp³-hybridized carbons (Fsp3) is 0.400. The third-order valence-electron chi connectivity index (χ3n) is 4.69. The first-order chi connectivity index (χ1) is 14.6. The third kappa shape index (κ3) is 6.52. The number of nitrogens with two attached hydrogens (primary N) is 1. The van der Waals surface area contributed by atoms with Gasteiger partial charge in [0.05, 0.1) is 18.7 Å². The zero-order valence-electron chi connectivity index (χ0n) is 17.2. The van der Waals surface area contributed by atoms with Gasteiger partial charge in [-0.3, -0.25) is 19.2 Å². The van der Waals surface area contributed by atoms with Gasteiger partial charge >= 0.3 is 5.97 Å². The molecule has 0 bridgehead atoms. The second-order valence-electron chi connectivity index (χ2n) is 7.24. The minimum Gasteiger partial charge on any atom is -0.480 e. The smallest absolute Gasteiger partial charge is 0.325 e. The number of amides is 3. The van der Waals surface area contributed by atoms with Crippen molar-refractivity contribution in [2.75, 3.05) is 6.54 Å². The number of aromatic nitrogens is 1. The van der Waals surface area contributed by atoms with Crippen LogP contribution in [-0.4, -0.2) is 69.7 Å². The molecule has 11 nitrogen and oxygen atoms in total. The van der Waals surface area contributed by atoms with Crippen LogP contribution in [0.1, 0.15) is 19.4 Å². The van der Waals surface area contributed by atoms with Gasteiger partial charge in [-0.2, -0.15) is 0 Å². The molecule has 0 aliphatic rings. The number of carbonyl (C=O) groups excluding carboxylic acids is 3. The van der Waals surface area contributed by atoms with Gasteiger partial charge in [0.15, 0.2) is 0 Å². The molecule has 0 fully saturated rings. The number of para-hydroxylation sites is 1. The van der Waals surface area contributed by atoms with Crippen molar-refractivity contribution in [3.05, 3.63) is 36.0 Å². The highest BCUT2D eigenvalue weighted by Gasteiger charge is 2.28. The molecule has 31 heavy (non-hydrogen) atoms. The highest BCUT2D eigenvalue weighted by molar-refractivity contribution is 5.93. The van der Waals surface area contributed by atoms with Crippen LogP contribution in [0.15, 0.2) is 30.5 Å². The molecule has 4 unspecified atom stereocenters. The van der Waals surface area contributed by atoms with Crippen molar-refractivity contribution in [1.29, 1.82) is 0 Å². The van der Waals surface area contributed by atoms with E-state index in [1.54, 1.807) is 6.20 Å². The molecule has 168 valence electrons. The Kier molecular flexibility index (Phi) is 8.11. The topological polar surface area (TPSA) is 187 Å². The molecule has 8 N–H and O–H groups in total. The number of carboxylic acid groups (broad SMARTS) is 1. The molecule has 11 heteroatoms. The molecule has 0 saturated carbocycles. The summed E-state index contributed by atoms with van der Waals surface area (Å²) >= 11 is 0. The van der Waals surface area contributed by atoms with Crippen molar-refractivity contribution in [1.82, 2.24) is 20.9 Å². The van der Waals surface area contributed by atoms with E-state index < -0.39 is 54.5 Å². The number of H-pyrrole nitrogens is 1. The Bertz CT molecular complexity index is 956. The predicted octanol–water partition coefficient (Wildman–Crippen LogP) is -1.39. The van der Waals surface area contributed by atoms with Gasteiger partial charge < -0.3 is 36.9 Å². The first kappa shape index (κ1) is 23.8. The Labute approximate surface area is 178 Å². The van der Waals surface area contributed by atoms with E-state index in [0.717, 1.165) is 16.5 Å². The lowest BCUT2D eigenvalue weighted by molar-refractivity contribution is -0.142. The van der Waals surface area contributed by atoms with Gasteiger partial charge in [-0.1, -0.05) is 18.2 Å². The summed E-state index contributed by atoms with van der Waals surface area (Å²) in [6.45, 7) is 2.05. The molecular formula is C20H27N5O6. The van der Waals surface area contributed by atoms with Crippen LogP contribution in [-0.2, 0) is 25.6 Å². The lowest BCUT2D eigenvalue weighted by Crippen LogP contribution is -2.57. The summed E-state index contributed by atoms with van der Waals surface area (Å²) < 4.78 is 0. The Hall–Kier alpha value is -3.44. The minimum absolute atomic E-state index is 0.253. The molecule has 0 radical (unpaired) electrons. The van der Waals surface area contributed by atoms with Crippen LogP contribution in [0.5, 0.6) is 0 Å². The summed E-state index contributed by atoms with van der Waals surface area (Å²) in [5, 5.41) is 26.4. The normalized spacial score (nSPS) is 14.8. The minimum atomic E-state index is -1.38. The Morgan fingerprint density at radius 3 is 2.42 bits per heavy atom. The zero-order chi connectivity index (χ0) is 23.1. The highest BCUT2D eigenvalue weighted by atomic mass is 16.4. The average molecular weight is 433 g/mol. The van der Waals surface area contributed by atoms with Crippen LogP contribution in [0.25, 0.3) is 10.9 Å². The number of carbonyl (C=O) groups is 4. The number of hydrogen-bond donors (Lipinski definition) is 7. The van der Waals surface area contributed by atoms with E-state index in [0.29, 0.717) is 0 Å². The summed E-state index contributed by atoms with van der Waals surface area (Å²) in [4.78, 5) is 50.4. The number of fused-ring (bicyclic) bond motifs is 1. The molecule has 1 heterocycles. The Balaban J connectivity index is 1.87. The largest absolute Gasteiger partial charge is 0.480 e. The highest BCUT2D eigenvalue weighted by Crippen LogP contribution is 2.18. The van der Waals surface area contributed by atoms with Crippen molar-refractivity contribution in [2.45, 2.75) is 44.5 Å². The van der Waals surface area contributed by atoms with Gasteiger partial charge in [-0.25, -0.2) is 0 Å². The molecule has 2 aromatic rings.